The van der Waals surface area contributed by atoms with Gasteiger partial charge < -0.3 is 5.11 Å². The van der Waals surface area contributed by atoms with Gasteiger partial charge in [0.15, 0.2) is 0 Å². The van der Waals surface area contributed by atoms with Gasteiger partial charge >= 0.3 is 6.18 Å². The first-order chi connectivity index (χ1) is 7.70. The van der Waals surface area contributed by atoms with E-state index >= 15 is 0 Å². The zero-order chi connectivity index (χ0) is 13.3. The van der Waals surface area contributed by atoms with Crippen LogP contribution < -0.4 is 0 Å². The van der Waals surface area contributed by atoms with Crippen LogP contribution in [0.3, 0.4) is 0 Å². The second kappa shape index (κ2) is 4.64. The van der Waals surface area contributed by atoms with Crippen molar-refractivity contribution >= 4 is 0 Å². The molecule has 0 bridgehead atoms. The van der Waals surface area contributed by atoms with Gasteiger partial charge in [-0.05, 0) is 17.9 Å². The van der Waals surface area contributed by atoms with Crippen molar-refractivity contribution in [1.29, 1.82) is 0 Å². The Bertz CT molecular complexity index is 388. The highest BCUT2D eigenvalue weighted by Gasteiger charge is 2.38. The lowest BCUT2D eigenvalue weighted by Crippen LogP contribution is -2.24. The van der Waals surface area contributed by atoms with Crippen molar-refractivity contribution in [2.45, 2.75) is 39.5 Å². The summed E-state index contributed by atoms with van der Waals surface area (Å²) in [6, 6.07) is 0.893. The molecule has 0 aliphatic carbocycles. The maximum absolute atomic E-state index is 12.8. The Balaban J connectivity index is 3.23. The van der Waals surface area contributed by atoms with Crippen molar-refractivity contribution in [3.63, 3.8) is 0 Å². The van der Waals surface area contributed by atoms with Crippen molar-refractivity contribution in [2.75, 3.05) is 0 Å². The second-order valence-electron chi connectivity index (χ2n) is 4.71. The molecule has 0 fully saturated rings. The minimum atomic E-state index is -4.47. The average Bonchev–Trinajstić information content (AvgIpc) is 2.27. The third-order valence-electron chi connectivity index (χ3n) is 3.10. The van der Waals surface area contributed by atoms with Crippen molar-refractivity contribution in [2.24, 2.45) is 5.41 Å². The molecular weight excluding hydrogens is 231 g/mol. The summed E-state index contributed by atoms with van der Waals surface area (Å²) in [4.78, 5) is 3.67. The summed E-state index contributed by atoms with van der Waals surface area (Å²) in [6.45, 7) is 5.28. The molecule has 1 N–H and O–H groups in total. The Morgan fingerprint density at radius 1 is 1.35 bits per heavy atom. The first-order valence-corrected chi connectivity index (χ1v) is 5.39. The predicted molar refractivity (Wildman–Crippen MR) is 58.3 cm³/mol. The van der Waals surface area contributed by atoms with Crippen LogP contribution in [0.25, 0.3) is 0 Å². The van der Waals surface area contributed by atoms with E-state index in [1.165, 1.54) is 0 Å². The number of rotatable bonds is 3. The fourth-order valence-corrected chi connectivity index (χ4v) is 1.50. The standard InChI is InChI=1S/C12H16F3NO/c1-4-11(2,3)10(17)8-7-16-6-5-9(8)12(13,14)15/h5-7,10,17H,4H2,1-3H3. The first kappa shape index (κ1) is 14.0. The van der Waals surface area contributed by atoms with Gasteiger partial charge in [0.2, 0.25) is 0 Å². The third kappa shape index (κ3) is 2.97. The van der Waals surface area contributed by atoms with Gasteiger partial charge in [0.25, 0.3) is 0 Å². The summed E-state index contributed by atoms with van der Waals surface area (Å²) >= 11 is 0. The molecule has 1 aromatic heterocycles. The zero-order valence-electron chi connectivity index (χ0n) is 10.0. The van der Waals surface area contributed by atoms with Gasteiger partial charge in [-0.3, -0.25) is 4.98 Å². The van der Waals surface area contributed by atoms with Gasteiger partial charge in [-0.2, -0.15) is 13.2 Å². The number of aliphatic hydroxyl groups excluding tert-OH is 1. The number of hydrogen-bond donors (Lipinski definition) is 1. The van der Waals surface area contributed by atoms with Crippen molar-refractivity contribution in [3.8, 4) is 0 Å². The van der Waals surface area contributed by atoms with Gasteiger partial charge in [0.1, 0.15) is 0 Å². The van der Waals surface area contributed by atoms with E-state index in [1.807, 2.05) is 6.92 Å². The molecule has 0 aliphatic rings. The Morgan fingerprint density at radius 2 is 1.94 bits per heavy atom. The molecule has 0 saturated heterocycles. The molecule has 1 unspecified atom stereocenters. The second-order valence-corrected chi connectivity index (χ2v) is 4.71. The molecule has 0 radical (unpaired) electrons. The Kier molecular flexibility index (Phi) is 3.81. The van der Waals surface area contributed by atoms with E-state index in [0.717, 1.165) is 18.5 Å². The van der Waals surface area contributed by atoms with Crippen LogP contribution >= 0.6 is 0 Å². The highest BCUT2D eigenvalue weighted by atomic mass is 19.4. The van der Waals surface area contributed by atoms with E-state index in [9.17, 15) is 18.3 Å². The van der Waals surface area contributed by atoms with Crippen molar-refractivity contribution in [3.05, 3.63) is 29.6 Å². The van der Waals surface area contributed by atoms with Crippen LogP contribution in [-0.4, -0.2) is 10.1 Å². The topological polar surface area (TPSA) is 33.1 Å². The Hall–Kier alpha value is -1.10. The summed E-state index contributed by atoms with van der Waals surface area (Å²) in [5.41, 5.74) is -1.60. The number of pyridine rings is 1. The molecule has 0 saturated carbocycles. The van der Waals surface area contributed by atoms with E-state index < -0.39 is 23.3 Å². The normalized spacial score (nSPS) is 14.8. The smallest absolute Gasteiger partial charge is 0.388 e. The lowest BCUT2D eigenvalue weighted by molar-refractivity contribution is -0.140. The summed E-state index contributed by atoms with van der Waals surface area (Å²) in [7, 11) is 0. The molecule has 0 spiro atoms. The number of halogens is 3. The fourth-order valence-electron chi connectivity index (χ4n) is 1.50. The average molecular weight is 247 g/mol. The van der Waals surface area contributed by atoms with Gasteiger partial charge in [0, 0.05) is 18.0 Å². The monoisotopic (exact) mass is 247 g/mol. The largest absolute Gasteiger partial charge is 0.416 e. The Morgan fingerprint density at radius 3 is 2.41 bits per heavy atom. The van der Waals surface area contributed by atoms with Gasteiger partial charge in [-0.25, -0.2) is 0 Å². The molecule has 1 heterocycles. The molecule has 0 aliphatic heterocycles. The minimum absolute atomic E-state index is 0.160. The summed E-state index contributed by atoms with van der Waals surface area (Å²) in [5, 5.41) is 10.1. The molecule has 1 aromatic rings. The van der Waals surface area contributed by atoms with E-state index in [1.54, 1.807) is 13.8 Å². The van der Waals surface area contributed by atoms with Crippen LogP contribution in [-0.2, 0) is 6.18 Å². The Labute approximate surface area is 98.5 Å². The highest BCUT2D eigenvalue weighted by Crippen LogP contribution is 2.41. The molecule has 1 rings (SSSR count). The molecular formula is C12H16F3NO. The minimum Gasteiger partial charge on any atom is -0.388 e. The van der Waals surface area contributed by atoms with E-state index in [-0.39, 0.29) is 5.56 Å². The number of nitrogens with zero attached hydrogens (tertiary/aromatic N) is 1. The van der Waals surface area contributed by atoms with Crippen LogP contribution in [0.2, 0.25) is 0 Å². The number of hydrogen-bond acceptors (Lipinski definition) is 2. The lowest BCUT2D eigenvalue weighted by Gasteiger charge is -2.30. The molecule has 0 aromatic carbocycles. The van der Waals surface area contributed by atoms with Crippen LogP contribution in [0.1, 0.15) is 44.4 Å². The maximum Gasteiger partial charge on any atom is 0.416 e. The molecule has 1 atom stereocenters. The van der Waals surface area contributed by atoms with Crippen LogP contribution in [0.4, 0.5) is 13.2 Å². The van der Waals surface area contributed by atoms with Crippen LogP contribution in [0, 0.1) is 5.41 Å². The summed E-state index contributed by atoms with van der Waals surface area (Å²) in [5.74, 6) is 0. The molecule has 5 heteroatoms. The van der Waals surface area contributed by atoms with Crippen LogP contribution in [0.5, 0.6) is 0 Å². The highest BCUT2D eigenvalue weighted by molar-refractivity contribution is 5.29. The fraction of sp³-hybridized carbons (Fsp3) is 0.583. The molecule has 2 nitrogen and oxygen atoms in total. The number of aliphatic hydroxyl groups is 1. The van der Waals surface area contributed by atoms with Gasteiger partial charge in [0.05, 0.1) is 11.7 Å². The van der Waals surface area contributed by atoms with Crippen LogP contribution in [0.15, 0.2) is 18.5 Å². The maximum atomic E-state index is 12.8. The van der Waals surface area contributed by atoms with Gasteiger partial charge in [-0.1, -0.05) is 20.8 Å². The SMILES string of the molecule is CCC(C)(C)C(O)c1cnccc1C(F)(F)F. The molecule has 0 amide bonds. The quantitative estimate of drug-likeness (QED) is 0.885. The lowest BCUT2D eigenvalue weighted by atomic mass is 9.79. The molecule has 17 heavy (non-hydrogen) atoms. The van der Waals surface area contributed by atoms with Crippen molar-refractivity contribution < 1.29 is 18.3 Å². The zero-order valence-corrected chi connectivity index (χ0v) is 10.0. The summed E-state index contributed by atoms with van der Waals surface area (Å²) in [6.07, 6.45) is -2.91. The number of alkyl halides is 3. The van der Waals surface area contributed by atoms with E-state index in [4.69, 9.17) is 0 Å². The van der Waals surface area contributed by atoms with E-state index in [2.05, 4.69) is 4.98 Å². The molecule has 96 valence electrons. The predicted octanol–water partition coefficient (Wildman–Crippen LogP) is 3.57. The summed E-state index contributed by atoms with van der Waals surface area (Å²) < 4.78 is 38.3. The van der Waals surface area contributed by atoms with E-state index in [0.29, 0.717) is 6.42 Å². The third-order valence-corrected chi connectivity index (χ3v) is 3.10. The van der Waals surface area contributed by atoms with Crippen molar-refractivity contribution in [1.82, 2.24) is 4.98 Å². The number of aromatic nitrogens is 1. The first-order valence-electron chi connectivity index (χ1n) is 5.39. The van der Waals surface area contributed by atoms with Gasteiger partial charge in [-0.15, -0.1) is 0 Å².